The summed E-state index contributed by atoms with van der Waals surface area (Å²) in [5, 5.41) is 3.52. The summed E-state index contributed by atoms with van der Waals surface area (Å²) in [5.74, 6) is 1.94. The molecular formula is C14H19N3. The summed E-state index contributed by atoms with van der Waals surface area (Å²) in [6, 6.07) is 8.78. The van der Waals surface area contributed by atoms with Gasteiger partial charge in [0.1, 0.15) is 0 Å². The van der Waals surface area contributed by atoms with Gasteiger partial charge in [0, 0.05) is 13.1 Å². The molecule has 17 heavy (non-hydrogen) atoms. The van der Waals surface area contributed by atoms with Crippen molar-refractivity contribution < 1.29 is 0 Å². The number of nitrogens with zero attached hydrogens (tertiary/aromatic N) is 2. The number of hydrogen-bond donors (Lipinski definition) is 1. The molecule has 90 valence electrons. The Balaban J connectivity index is 1.81. The molecule has 3 nitrogen and oxygen atoms in total. The van der Waals surface area contributed by atoms with Gasteiger partial charge in [-0.15, -0.1) is 0 Å². The average molecular weight is 229 g/mol. The predicted octanol–water partition coefficient (Wildman–Crippen LogP) is 3.17. The van der Waals surface area contributed by atoms with E-state index in [0.717, 1.165) is 17.4 Å². The lowest BCUT2D eigenvalue weighted by molar-refractivity contribution is 0.634. The van der Waals surface area contributed by atoms with Crippen LogP contribution in [-0.2, 0) is 7.05 Å². The maximum atomic E-state index is 4.63. The second kappa shape index (κ2) is 4.06. The van der Waals surface area contributed by atoms with E-state index in [2.05, 4.69) is 47.0 Å². The number of aromatic nitrogens is 2. The van der Waals surface area contributed by atoms with Gasteiger partial charge in [-0.25, -0.2) is 4.98 Å². The summed E-state index contributed by atoms with van der Waals surface area (Å²) < 4.78 is 2.14. The molecule has 0 aliphatic heterocycles. The molecule has 0 bridgehead atoms. The van der Waals surface area contributed by atoms with Gasteiger partial charge in [0.15, 0.2) is 0 Å². The molecule has 1 atom stereocenters. The minimum Gasteiger partial charge on any atom is -0.353 e. The molecule has 1 aliphatic carbocycles. The zero-order valence-electron chi connectivity index (χ0n) is 10.5. The highest BCUT2D eigenvalue weighted by atomic mass is 15.2. The Labute approximate surface area is 102 Å². The predicted molar refractivity (Wildman–Crippen MR) is 71.1 cm³/mol. The summed E-state index contributed by atoms with van der Waals surface area (Å²) in [7, 11) is 2.07. The number of anilines is 1. The SMILES string of the molecule is CC(CC1CC1)Nc1nc2ccccc2n1C. The Kier molecular flexibility index (Phi) is 2.54. The quantitative estimate of drug-likeness (QED) is 0.872. The Bertz CT molecular complexity index is 525. The number of hydrogen-bond acceptors (Lipinski definition) is 2. The van der Waals surface area contributed by atoms with E-state index in [4.69, 9.17) is 0 Å². The van der Waals surface area contributed by atoms with Crippen LogP contribution in [0.2, 0.25) is 0 Å². The Morgan fingerprint density at radius 1 is 1.41 bits per heavy atom. The lowest BCUT2D eigenvalue weighted by atomic mass is 10.2. The van der Waals surface area contributed by atoms with Crippen molar-refractivity contribution >= 4 is 17.0 Å². The van der Waals surface area contributed by atoms with Crippen LogP contribution in [0, 0.1) is 5.92 Å². The van der Waals surface area contributed by atoms with E-state index in [0.29, 0.717) is 6.04 Å². The summed E-state index contributed by atoms with van der Waals surface area (Å²) in [6.07, 6.45) is 4.09. The van der Waals surface area contributed by atoms with Crippen LogP contribution in [0.3, 0.4) is 0 Å². The lowest BCUT2D eigenvalue weighted by Gasteiger charge is -2.13. The largest absolute Gasteiger partial charge is 0.353 e. The highest BCUT2D eigenvalue weighted by Gasteiger charge is 2.24. The fourth-order valence-electron chi connectivity index (χ4n) is 2.41. The van der Waals surface area contributed by atoms with Gasteiger partial charge >= 0.3 is 0 Å². The van der Waals surface area contributed by atoms with Crippen LogP contribution >= 0.6 is 0 Å². The van der Waals surface area contributed by atoms with E-state index < -0.39 is 0 Å². The van der Waals surface area contributed by atoms with Gasteiger partial charge in [0.2, 0.25) is 5.95 Å². The van der Waals surface area contributed by atoms with Crippen molar-refractivity contribution in [1.82, 2.24) is 9.55 Å². The molecule has 1 saturated carbocycles. The number of para-hydroxylation sites is 2. The molecule has 1 N–H and O–H groups in total. The van der Waals surface area contributed by atoms with Gasteiger partial charge in [-0.1, -0.05) is 25.0 Å². The minimum atomic E-state index is 0.512. The minimum absolute atomic E-state index is 0.512. The molecule has 1 aliphatic rings. The molecule has 3 heteroatoms. The fourth-order valence-corrected chi connectivity index (χ4v) is 2.41. The van der Waals surface area contributed by atoms with Gasteiger partial charge < -0.3 is 9.88 Å². The first-order valence-corrected chi connectivity index (χ1v) is 6.42. The molecule has 1 aromatic carbocycles. The number of aryl methyl sites for hydroxylation is 1. The summed E-state index contributed by atoms with van der Waals surface area (Å²) in [6.45, 7) is 2.25. The van der Waals surface area contributed by atoms with Gasteiger partial charge in [0.25, 0.3) is 0 Å². The van der Waals surface area contributed by atoms with Crippen LogP contribution in [-0.4, -0.2) is 15.6 Å². The molecule has 1 aromatic heterocycles. The van der Waals surface area contributed by atoms with Crippen LogP contribution < -0.4 is 5.32 Å². The van der Waals surface area contributed by atoms with Crippen LogP contribution in [0.4, 0.5) is 5.95 Å². The molecule has 0 radical (unpaired) electrons. The molecule has 1 unspecified atom stereocenters. The third kappa shape index (κ3) is 2.14. The second-order valence-electron chi connectivity index (χ2n) is 5.21. The maximum absolute atomic E-state index is 4.63. The fraction of sp³-hybridized carbons (Fsp3) is 0.500. The Morgan fingerprint density at radius 2 is 2.18 bits per heavy atom. The zero-order chi connectivity index (χ0) is 11.8. The first kappa shape index (κ1) is 10.6. The van der Waals surface area contributed by atoms with E-state index in [1.165, 1.54) is 24.8 Å². The number of benzene rings is 1. The van der Waals surface area contributed by atoms with Gasteiger partial charge in [-0.3, -0.25) is 0 Å². The van der Waals surface area contributed by atoms with Crippen LogP contribution in [0.25, 0.3) is 11.0 Å². The highest BCUT2D eigenvalue weighted by molar-refractivity contribution is 5.78. The smallest absolute Gasteiger partial charge is 0.203 e. The van der Waals surface area contributed by atoms with E-state index in [1.807, 2.05) is 6.07 Å². The molecule has 3 rings (SSSR count). The lowest BCUT2D eigenvalue weighted by Crippen LogP contribution is -2.18. The normalized spacial score (nSPS) is 17.3. The monoisotopic (exact) mass is 229 g/mol. The molecule has 2 aromatic rings. The highest BCUT2D eigenvalue weighted by Crippen LogP contribution is 2.34. The van der Waals surface area contributed by atoms with Crippen molar-refractivity contribution in [3.8, 4) is 0 Å². The maximum Gasteiger partial charge on any atom is 0.203 e. The topological polar surface area (TPSA) is 29.9 Å². The van der Waals surface area contributed by atoms with Crippen molar-refractivity contribution in [3.05, 3.63) is 24.3 Å². The van der Waals surface area contributed by atoms with Crippen LogP contribution in [0.1, 0.15) is 26.2 Å². The third-order valence-electron chi connectivity index (χ3n) is 3.55. The summed E-state index contributed by atoms with van der Waals surface area (Å²) in [4.78, 5) is 4.63. The van der Waals surface area contributed by atoms with E-state index in [9.17, 15) is 0 Å². The van der Waals surface area contributed by atoms with Crippen molar-refractivity contribution in [2.75, 3.05) is 5.32 Å². The van der Waals surface area contributed by atoms with Crippen molar-refractivity contribution in [3.63, 3.8) is 0 Å². The summed E-state index contributed by atoms with van der Waals surface area (Å²) in [5.41, 5.74) is 2.25. The van der Waals surface area contributed by atoms with E-state index in [1.54, 1.807) is 0 Å². The number of imidazole rings is 1. The van der Waals surface area contributed by atoms with Crippen molar-refractivity contribution in [1.29, 1.82) is 0 Å². The first-order chi connectivity index (χ1) is 8.24. The van der Waals surface area contributed by atoms with Crippen molar-refractivity contribution in [2.45, 2.75) is 32.2 Å². The van der Waals surface area contributed by atoms with E-state index >= 15 is 0 Å². The van der Waals surface area contributed by atoms with Gasteiger partial charge in [-0.05, 0) is 31.4 Å². The van der Waals surface area contributed by atoms with Gasteiger partial charge in [-0.2, -0.15) is 0 Å². The zero-order valence-corrected chi connectivity index (χ0v) is 10.5. The van der Waals surface area contributed by atoms with Crippen LogP contribution in [0.5, 0.6) is 0 Å². The molecule has 0 spiro atoms. The Morgan fingerprint density at radius 3 is 2.88 bits per heavy atom. The van der Waals surface area contributed by atoms with Crippen molar-refractivity contribution in [2.24, 2.45) is 13.0 Å². The number of fused-ring (bicyclic) bond motifs is 1. The van der Waals surface area contributed by atoms with Gasteiger partial charge in [0.05, 0.1) is 11.0 Å². The molecule has 0 amide bonds. The molecular weight excluding hydrogens is 210 g/mol. The van der Waals surface area contributed by atoms with E-state index in [-0.39, 0.29) is 0 Å². The Hall–Kier alpha value is -1.51. The average Bonchev–Trinajstić information content (AvgIpc) is 3.06. The number of rotatable bonds is 4. The molecule has 1 fully saturated rings. The number of nitrogens with one attached hydrogen (secondary N) is 1. The first-order valence-electron chi connectivity index (χ1n) is 6.42. The summed E-state index contributed by atoms with van der Waals surface area (Å²) >= 11 is 0. The standard InChI is InChI=1S/C14H19N3/c1-10(9-11-7-8-11)15-14-16-12-5-3-4-6-13(12)17(14)2/h3-6,10-11H,7-9H2,1-2H3,(H,15,16). The van der Waals surface area contributed by atoms with Crippen LogP contribution in [0.15, 0.2) is 24.3 Å². The molecule has 1 heterocycles. The molecule has 0 saturated heterocycles. The second-order valence-corrected chi connectivity index (χ2v) is 5.21. The third-order valence-corrected chi connectivity index (χ3v) is 3.55.